The highest BCUT2D eigenvalue weighted by molar-refractivity contribution is 6.16. The van der Waals surface area contributed by atoms with Gasteiger partial charge in [-0.15, -0.1) is 0 Å². The summed E-state index contributed by atoms with van der Waals surface area (Å²) >= 11 is 0. The van der Waals surface area contributed by atoms with Crippen molar-refractivity contribution in [2.45, 2.75) is 40.2 Å². The average Bonchev–Trinajstić information content (AvgIpc) is 1.82. The molecule has 0 radical (unpaired) electrons. The van der Waals surface area contributed by atoms with Crippen LogP contribution < -0.4 is 0 Å². The monoisotopic (exact) mass is 184 g/mol. The first kappa shape index (κ1) is 11.9. The van der Waals surface area contributed by atoms with Gasteiger partial charge in [-0.05, 0) is 34.6 Å². The lowest BCUT2D eigenvalue weighted by molar-refractivity contribution is -0.150. The van der Waals surface area contributed by atoms with Gasteiger partial charge in [0.05, 0.1) is 5.57 Å². The third-order valence-corrected chi connectivity index (χ3v) is 1.29. The molecule has 0 N–H and O–H groups in total. The summed E-state index contributed by atoms with van der Waals surface area (Å²) in [6, 6.07) is 0. The quantitative estimate of drug-likeness (QED) is 0.285. The van der Waals surface area contributed by atoms with Gasteiger partial charge < -0.3 is 4.74 Å². The van der Waals surface area contributed by atoms with Crippen LogP contribution in [0.1, 0.15) is 34.6 Å². The predicted molar refractivity (Wildman–Crippen MR) is 50.3 cm³/mol. The molecule has 0 spiro atoms. The van der Waals surface area contributed by atoms with E-state index >= 15 is 0 Å². The zero-order valence-corrected chi connectivity index (χ0v) is 8.80. The lowest BCUT2D eigenvalue weighted by atomic mass is 10.1. The second-order valence-electron chi connectivity index (χ2n) is 3.76. The van der Waals surface area contributed by atoms with Crippen molar-refractivity contribution in [3.63, 3.8) is 0 Å². The summed E-state index contributed by atoms with van der Waals surface area (Å²) < 4.78 is 5.02. The van der Waals surface area contributed by atoms with Crippen molar-refractivity contribution < 1.29 is 14.3 Å². The van der Waals surface area contributed by atoms with E-state index in [1.807, 2.05) is 0 Å². The van der Waals surface area contributed by atoms with Crippen molar-refractivity contribution in [2.24, 2.45) is 0 Å². The van der Waals surface area contributed by atoms with Crippen molar-refractivity contribution in [1.29, 1.82) is 0 Å². The fourth-order valence-electron chi connectivity index (χ4n) is 0.798. The smallest absolute Gasteiger partial charge is 0.341 e. The standard InChI is InChI=1S/C10H16O3/c1-6-8(7(2)11)9(12)13-10(3,4)5/h6H,1-5H3/b8-6-. The summed E-state index contributed by atoms with van der Waals surface area (Å²) in [5.41, 5.74) is -0.448. The van der Waals surface area contributed by atoms with Gasteiger partial charge in [0.15, 0.2) is 5.78 Å². The summed E-state index contributed by atoms with van der Waals surface area (Å²) in [5.74, 6) is -0.820. The Hall–Kier alpha value is -1.12. The lowest BCUT2D eigenvalue weighted by Crippen LogP contribution is -2.26. The number of esters is 1. The number of hydrogen-bond donors (Lipinski definition) is 0. The van der Waals surface area contributed by atoms with Crippen LogP contribution in [0.5, 0.6) is 0 Å². The van der Waals surface area contributed by atoms with Gasteiger partial charge in [0.25, 0.3) is 0 Å². The molecule has 0 aliphatic carbocycles. The Balaban J connectivity index is 4.52. The van der Waals surface area contributed by atoms with Crippen LogP contribution in [0.4, 0.5) is 0 Å². The van der Waals surface area contributed by atoms with Crippen LogP contribution in [0.3, 0.4) is 0 Å². The zero-order chi connectivity index (χ0) is 10.6. The molecule has 3 nitrogen and oxygen atoms in total. The molecular formula is C10H16O3. The first-order chi connectivity index (χ1) is 5.78. The highest BCUT2D eigenvalue weighted by Gasteiger charge is 2.21. The van der Waals surface area contributed by atoms with E-state index in [0.29, 0.717) is 0 Å². The van der Waals surface area contributed by atoms with Gasteiger partial charge in [-0.25, -0.2) is 4.79 Å². The molecule has 74 valence electrons. The van der Waals surface area contributed by atoms with Crippen LogP contribution >= 0.6 is 0 Å². The summed E-state index contributed by atoms with van der Waals surface area (Å²) in [6.07, 6.45) is 1.47. The molecule has 0 fully saturated rings. The molecule has 0 unspecified atom stereocenters. The molecule has 0 aliphatic rings. The third-order valence-electron chi connectivity index (χ3n) is 1.29. The lowest BCUT2D eigenvalue weighted by Gasteiger charge is -2.19. The van der Waals surface area contributed by atoms with Crippen LogP contribution in [0.15, 0.2) is 11.6 Å². The first-order valence-corrected chi connectivity index (χ1v) is 4.18. The number of allylic oxidation sites excluding steroid dienone is 1. The summed E-state index contributed by atoms with van der Waals surface area (Å²) in [5, 5.41) is 0. The third kappa shape index (κ3) is 4.45. The Bertz CT molecular complexity index is 243. The number of rotatable bonds is 2. The van der Waals surface area contributed by atoms with Gasteiger partial charge in [0.1, 0.15) is 5.60 Å². The predicted octanol–water partition coefficient (Wildman–Crippen LogP) is 1.86. The minimum Gasteiger partial charge on any atom is -0.456 e. The molecule has 0 aromatic heterocycles. The summed E-state index contributed by atoms with van der Waals surface area (Å²) in [4.78, 5) is 22.3. The molecule has 0 aromatic rings. The summed E-state index contributed by atoms with van der Waals surface area (Å²) in [7, 11) is 0. The van der Waals surface area contributed by atoms with Crippen LogP contribution in [0, 0.1) is 0 Å². The molecule has 3 heteroatoms. The van der Waals surface area contributed by atoms with E-state index in [1.165, 1.54) is 13.0 Å². The maximum atomic E-state index is 11.3. The molecule has 0 rings (SSSR count). The fraction of sp³-hybridized carbons (Fsp3) is 0.600. The van der Waals surface area contributed by atoms with Gasteiger partial charge >= 0.3 is 5.97 Å². The Labute approximate surface area is 78.8 Å². The molecule has 13 heavy (non-hydrogen) atoms. The molecule has 0 aromatic carbocycles. The topological polar surface area (TPSA) is 43.4 Å². The van der Waals surface area contributed by atoms with Gasteiger partial charge in [-0.3, -0.25) is 4.79 Å². The van der Waals surface area contributed by atoms with Crippen molar-refractivity contribution in [3.8, 4) is 0 Å². The Kier molecular flexibility index (Phi) is 3.85. The molecule has 0 bridgehead atoms. The molecule has 0 atom stereocenters. The summed E-state index contributed by atoms with van der Waals surface area (Å²) in [6.45, 7) is 8.27. The number of hydrogen-bond acceptors (Lipinski definition) is 3. The number of ketones is 1. The number of Topliss-reactive ketones (excluding diaryl/α,β-unsaturated/α-hetero) is 1. The highest BCUT2D eigenvalue weighted by atomic mass is 16.6. The normalized spacial score (nSPS) is 12.5. The maximum Gasteiger partial charge on any atom is 0.341 e. The van der Waals surface area contributed by atoms with E-state index < -0.39 is 11.6 Å². The van der Waals surface area contributed by atoms with Crippen LogP contribution in [0.25, 0.3) is 0 Å². The van der Waals surface area contributed by atoms with Gasteiger partial charge in [-0.2, -0.15) is 0 Å². The fourth-order valence-corrected chi connectivity index (χ4v) is 0.798. The Morgan fingerprint density at radius 3 is 1.92 bits per heavy atom. The molecular weight excluding hydrogens is 168 g/mol. The largest absolute Gasteiger partial charge is 0.456 e. The minimum absolute atomic E-state index is 0.106. The Morgan fingerprint density at radius 1 is 1.23 bits per heavy atom. The van der Waals surface area contributed by atoms with E-state index in [0.717, 1.165) is 0 Å². The molecule has 0 amide bonds. The van der Waals surface area contributed by atoms with Gasteiger partial charge in [0.2, 0.25) is 0 Å². The number of ether oxygens (including phenoxy) is 1. The minimum atomic E-state index is -0.555. The van der Waals surface area contributed by atoms with E-state index in [9.17, 15) is 9.59 Å². The molecule has 0 saturated heterocycles. The van der Waals surface area contributed by atoms with E-state index in [-0.39, 0.29) is 11.4 Å². The van der Waals surface area contributed by atoms with Crippen molar-refractivity contribution in [3.05, 3.63) is 11.6 Å². The number of carbonyl (C=O) groups excluding carboxylic acids is 2. The zero-order valence-electron chi connectivity index (χ0n) is 8.80. The van der Waals surface area contributed by atoms with Crippen LogP contribution in [-0.2, 0) is 14.3 Å². The second kappa shape index (κ2) is 4.21. The van der Waals surface area contributed by atoms with Crippen molar-refractivity contribution in [1.82, 2.24) is 0 Å². The molecule has 0 saturated carbocycles. The first-order valence-electron chi connectivity index (χ1n) is 4.18. The van der Waals surface area contributed by atoms with Gasteiger partial charge in [-0.1, -0.05) is 6.08 Å². The highest BCUT2D eigenvalue weighted by Crippen LogP contribution is 2.11. The van der Waals surface area contributed by atoms with Crippen molar-refractivity contribution in [2.75, 3.05) is 0 Å². The molecule has 0 heterocycles. The van der Waals surface area contributed by atoms with Crippen LogP contribution in [-0.4, -0.2) is 17.4 Å². The Morgan fingerprint density at radius 2 is 1.69 bits per heavy atom. The van der Waals surface area contributed by atoms with Gasteiger partial charge in [0, 0.05) is 0 Å². The maximum absolute atomic E-state index is 11.3. The second-order valence-corrected chi connectivity index (χ2v) is 3.76. The number of carbonyl (C=O) groups is 2. The van der Waals surface area contributed by atoms with Crippen LogP contribution in [0.2, 0.25) is 0 Å². The molecule has 0 aliphatic heterocycles. The average molecular weight is 184 g/mol. The van der Waals surface area contributed by atoms with E-state index in [1.54, 1.807) is 27.7 Å². The van der Waals surface area contributed by atoms with E-state index in [2.05, 4.69) is 0 Å². The van der Waals surface area contributed by atoms with E-state index in [4.69, 9.17) is 4.74 Å². The van der Waals surface area contributed by atoms with Crippen molar-refractivity contribution >= 4 is 11.8 Å². The SMILES string of the molecule is C/C=C(/C(C)=O)C(=O)OC(C)(C)C.